The van der Waals surface area contributed by atoms with Crippen molar-refractivity contribution in [1.82, 2.24) is 9.91 Å². The quantitative estimate of drug-likeness (QED) is 0.704. The first-order valence-electron chi connectivity index (χ1n) is 6.32. The molecule has 0 bridgehead atoms. The maximum absolute atomic E-state index is 4.47. The Bertz CT molecular complexity index is 321. The van der Waals surface area contributed by atoms with Gasteiger partial charge in [0.05, 0.1) is 0 Å². The van der Waals surface area contributed by atoms with Gasteiger partial charge in [0.2, 0.25) is 0 Å². The molecule has 0 radical (unpaired) electrons. The molecule has 2 saturated heterocycles. The van der Waals surface area contributed by atoms with E-state index in [1.165, 1.54) is 18.1 Å². The second-order valence-electron chi connectivity index (χ2n) is 5.49. The highest BCUT2D eigenvalue weighted by molar-refractivity contribution is 8.00. The van der Waals surface area contributed by atoms with Crippen molar-refractivity contribution in [1.29, 1.82) is 0 Å². The molecule has 17 heavy (non-hydrogen) atoms. The van der Waals surface area contributed by atoms with E-state index in [0.29, 0.717) is 11.5 Å². The van der Waals surface area contributed by atoms with Gasteiger partial charge in [0.1, 0.15) is 0 Å². The molecule has 0 aromatic carbocycles. The average molecular weight is 253 g/mol. The van der Waals surface area contributed by atoms with Crippen molar-refractivity contribution in [2.24, 2.45) is 10.5 Å². The summed E-state index contributed by atoms with van der Waals surface area (Å²) in [7, 11) is 0. The maximum Gasteiger partial charge on any atom is 0.0497 e. The zero-order valence-corrected chi connectivity index (χ0v) is 12.0. The number of hydrogen-bond acceptors (Lipinski definition) is 4. The Morgan fingerprint density at radius 2 is 2.12 bits per heavy atom. The molecule has 0 unspecified atom stereocenters. The predicted molar refractivity (Wildman–Crippen MR) is 76.5 cm³/mol. The minimum atomic E-state index is 0.431. The average Bonchev–Trinajstić information content (AvgIpc) is 2.37. The molecule has 2 aliphatic heterocycles. The van der Waals surface area contributed by atoms with Crippen molar-refractivity contribution in [2.75, 3.05) is 31.1 Å². The number of thioether (sulfide) groups is 1. The smallest absolute Gasteiger partial charge is 0.0497 e. The summed E-state index contributed by atoms with van der Waals surface area (Å²) >= 11 is 2.05. The number of hydrazone groups is 1. The van der Waals surface area contributed by atoms with E-state index in [9.17, 15) is 0 Å². The normalized spacial score (nSPS) is 25.6. The summed E-state index contributed by atoms with van der Waals surface area (Å²) in [5.41, 5.74) is 1.56. The van der Waals surface area contributed by atoms with Crippen molar-refractivity contribution >= 4 is 18.0 Å². The predicted octanol–water partition coefficient (Wildman–Crippen LogP) is 2.27. The Hall–Kier alpha value is -0.480. The summed E-state index contributed by atoms with van der Waals surface area (Å²) in [5, 5.41) is 6.58. The third-order valence-corrected chi connectivity index (χ3v) is 5.21. The van der Waals surface area contributed by atoms with Crippen LogP contribution in [0.5, 0.6) is 0 Å². The summed E-state index contributed by atoms with van der Waals surface area (Å²) in [6.45, 7) is 13.9. The van der Waals surface area contributed by atoms with E-state index >= 15 is 0 Å². The topological polar surface area (TPSA) is 18.8 Å². The minimum Gasteiger partial charge on any atom is -0.294 e. The van der Waals surface area contributed by atoms with Crippen LogP contribution in [0.1, 0.15) is 20.8 Å². The highest BCUT2D eigenvalue weighted by Gasteiger charge is 2.43. The van der Waals surface area contributed by atoms with Gasteiger partial charge in [-0.2, -0.15) is 16.9 Å². The van der Waals surface area contributed by atoms with Gasteiger partial charge in [-0.05, 0) is 20.8 Å². The molecule has 2 heterocycles. The van der Waals surface area contributed by atoms with Crippen LogP contribution in [0.3, 0.4) is 0 Å². The SMILES string of the molecule is C=C1CN(C(C)C)CC2(CSC2)CN1/N=C\C. The first-order valence-corrected chi connectivity index (χ1v) is 7.47. The molecule has 0 N–H and O–H groups in total. The monoisotopic (exact) mass is 253 g/mol. The van der Waals surface area contributed by atoms with Crippen molar-refractivity contribution in [2.45, 2.75) is 26.8 Å². The number of rotatable bonds is 2. The molecule has 0 saturated carbocycles. The maximum atomic E-state index is 4.47. The fourth-order valence-electron chi connectivity index (χ4n) is 2.48. The lowest BCUT2D eigenvalue weighted by Gasteiger charge is -2.44. The summed E-state index contributed by atoms with van der Waals surface area (Å²) in [6, 6.07) is 0.583. The Balaban J connectivity index is 2.18. The van der Waals surface area contributed by atoms with Crippen LogP contribution in [0.25, 0.3) is 0 Å². The van der Waals surface area contributed by atoms with Gasteiger partial charge in [0, 0.05) is 54.5 Å². The standard InChI is InChI=1S/C13H23N3S/c1-5-14-16-8-13(9-17-10-13)7-15(11(2)3)6-12(16)4/h5,11H,4,6-10H2,1-3H3/b14-5-. The van der Waals surface area contributed by atoms with E-state index in [1.54, 1.807) is 0 Å². The van der Waals surface area contributed by atoms with Crippen molar-refractivity contribution in [3.8, 4) is 0 Å². The molecule has 2 fully saturated rings. The third kappa shape index (κ3) is 2.68. The molecule has 0 aromatic rings. The van der Waals surface area contributed by atoms with Gasteiger partial charge in [-0.15, -0.1) is 0 Å². The fraction of sp³-hybridized carbons (Fsp3) is 0.769. The van der Waals surface area contributed by atoms with E-state index in [1.807, 2.05) is 13.1 Å². The molecule has 0 aliphatic carbocycles. The molecule has 3 nitrogen and oxygen atoms in total. The van der Waals surface area contributed by atoms with Gasteiger partial charge < -0.3 is 0 Å². The summed E-state index contributed by atoms with van der Waals surface area (Å²) in [6.07, 6.45) is 1.87. The summed E-state index contributed by atoms with van der Waals surface area (Å²) < 4.78 is 0. The van der Waals surface area contributed by atoms with Gasteiger partial charge in [0.25, 0.3) is 0 Å². The van der Waals surface area contributed by atoms with Crippen LogP contribution in [-0.2, 0) is 0 Å². The van der Waals surface area contributed by atoms with Crippen molar-refractivity contribution in [3.05, 3.63) is 12.3 Å². The first kappa shape index (κ1) is 13.0. The molecule has 2 rings (SSSR count). The lowest BCUT2D eigenvalue weighted by Crippen LogP contribution is -2.50. The minimum absolute atomic E-state index is 0.431. The van der Waals surface area contributed by atoms with Crippen LogP contribution < -0.4 is 0 Å². The van der Waals surface area contributed by atoms with Crippen LogP contribution in [0.4, 0.5) is 0 Å². The van der Waals surface area contributed by atoms with Gasteiger partial charge >= 0.3 is 0 Å². The number of hydrogen-bond donors (Lipinski definition) is 0. The van der Waals surface area contributed by atoms with E-state index in [4.69, 9.17) is 0 Å². The van der Waals surface area contributed by atoms with E-state index in [2.05, 4.69) is 47.2 Å². The highest BCUT2D eigenvalue weighted by atomic mass is 32.2. The molecule has 96 valence electrons. The van der Waals surface area contributed by atoms with E-state index in [-0.39, 0.29) is 0 Å². The summed E-state index contributed by atoms with van der Waals surface area (Å²) in [4.78, 5) is 2.53. The summed E-state index contributed by atoms with van der Waals surface area (Å²) in [5.74, 6) is 2.53. The Kier molecular flexibility index (Phi) is 3.83. The second-order valence-corrected chi connectivity index (χ2v) is 6.47. The second kappa shape index (κ2) is 5.02. The zero-order valence-electron chi connectivity index (χ0n) is 11.1. The molecule has 0 atom stereocenters. The molecular formula is C13H23N3S. The largest absolute Gasteiger partial charge is 0.294 e. The van der Waals surface area contributed by atoms with Crippen LogP contribution >= 0.6 is 11.8 Å². The number of nitrogens with zero attached hydrogens (tertiary/aromatic N) is 3. The zero-order chi connectivity index (χ0) is 12.5. The van der Waals surface area contributed by atoms with Crippen molar-refractivity contribution in [3.63, 3.8) is 0 Å². The van der Waals surface area contributed by atoms with E-state index in [0.717, 1.165) is 18.8 Å². The molecule has 0 aromatic heterocycles. The highest BCUT2D eigenvalue weighted by Crippen LogP contribution is 2.41. The Labute approximate surface area is 109 Å². The van der Waals surface area contributed by atoms with Gasteiger partial charge in [-0.25, -0.2) is 0 Å². The fourth-order valence-corrected chi connectivity index (χ4v) is 3.63. The van der Waals surface area contributed by atoms with Gasteiger partial charge in [-0.1, -0.05) is 6.58 Å². The van der Waals surface area contributed by atoms with Crippen molar-refractivity contribution < 1.29 is 0 Å². The molecule has 4 heteroatoms. The van der Waals surface area contributed by atoms with Crippen LogP contribution in [0.15, 0.2) is 17.4 Å². The Morgan fingerprint density at radius 1 is 1.41 bits per heavy atom. The van der Waals surface area contributed by atoms with Crippen LogP contribution in [0, 0.1) is 5.41 Å². The molecule has 0 amide bonds. The Morgan fingerprint density at radius 3 is 2.59 bits per heavy atom. The lowest BCUT2D eigenvalue weighted by atomic mass is 9.91. The molecule has 2 aliphatic rings. The van der Waals surface area contributed by atoms with E-state index < -0.39 is 0 Å². The molecule has 1 spiro atoms. The van der Waals surface area contributed by atoms with Gasteiger partial charge in [0.15, 0.2) is 0 Å². The third-order valence-electron chi connectivity index (χ3n) is 3.58. The van der Waals surface area contributed by atoms with Gasteiger partial charge in [-0.3, -0.25) is 9.91 Å². The molecular weight excluding hydrogens is 230 g/mol. The lowest BCUT2D eigenvalue weighted by molar-refractivity contribution is 0.162. The van der Waals surface area contributed by atoms with Crippen LogP contribution in [-0.4, -0.2) is 53.3 Å². The first-order chi connectivity index (χ1) is 8.06. The van der Waals surface area contributed by atoms with Crippen LogP contribution in [0.2, 0.25) is 0 Å².